The highest BCUT2D eigenvalue weighted by atomic mass is 79.9. The van der Waals surface area contributed by atoms with Gasteiger partial charge in [-0.2, -0.15) is 0 Å². The molecule has 0 aromatic heterocycles. The van der Waals surface area contributed by atoms with Gasteiger partial charge in [0.1, 0.15) is 9.65 Å². The molecule has 2 unspecified atom stereocenters. The van der Waals surface area contributed by atoms with E-state index in [0.717, 1.165) is 38.5 Å². The zero-order chi connectivity index (χ0) is 16.1. The molecule has 21 heavy (non-hydrogen) atoms. The van der Waals surface area contributed by atoms with Gasteiger partial charge in [0.2, 0.25) is 0 Å². The van der Waals surface area contributed by atoms with Gasteiger partial charge in [0.25, 0.3) is 0 Å². The van der Waals surface area contributed by atoms with Crippen LogP contribution in [0.1, 0.15) is 58.8 Å². The summed E-state index contributed by atoms with van der Waals surface area (Å²) in [5.41, 5.74) is 0. The number of carbonyl (C=O) groups is 2. The Hall–Kier alpha value is -0.100. The first-order chi connectivity index (χ1) is 9.95. The van der Waals surface area contributed by atoms with Crippen LogP contribution >= 0.6 is 31.9 Å². The van der Waals surface area contributed by atoms with E-state index in [0.29, 0.717) is 13.2 Å². The van der Waals surface area contributed by atoms with E-state index in [1.54, 1.807) is 13.8 Å². The minimum atomic E-state index is -0.223. The van der Waals surface area contributed by atoms with Crippen LogP contribution in [0.4, 0.5) is 0 Å². The Morgan fingerprint density at radius 3 is 1.29 bits per heavy atom. The fourth-order valence-corrected chi connectivity index (χ4v) is 1.93. The lowest BCUT2D eigenvalue weighted by Gasteiger charge is -2.07. The molecule has 0 heterocycles. The summed E-state index contributed by atoms with van der Waals surface area (Å²) < 4.78 is 10.1. The van der Waals surface area contributed by atoms with Gasteiger partial charge in [-0.15, -0.1) is 0 Å². The van der Waals surface area contributed by atoms with E-state index >= 15 is 0 Å². The van der Waals surface area contributed by atoms with E-state index in [2.05, 4.69) is 31.9 Å². The number of hydrogen-bond donors (Lipinski definition) is 0. The van der Waals surface area contributed by atoms with E-state index in [9.17, 15) is 9.59 Å². The summed E-state index contributed by atoms with van der Waals surface area (Å²) in [7, 11) is 0. The first-order valence-corrected chi connectivity index (χ1v) is 9.39. The van der Waals surface area contributed by atoms with E-state index < -0.39 is 0 Å². The van der Waals surface area contributed by atoms with Crippen molar-refractivity contribution >= 4 is 43.8 Å². The topological polar surface area (TPSA) is 52.6 Å². The Kier molecular flexibility index (Phi) is 13.5. The van der Waals surface area contributed by atoms with Gasteiger partial charge in [-0.1, -0.05) is 64.0 Å². The molecule has 2 atom stereocenters. The van der Waals surface area contributed by atoms with Crippen molar-refractivity contribution in [2.45, 2.75) is 68.4 Å². The van der Waals surface area contributed by atoms with Crippen LogP contribution in [0.3, 0.4) is 0 Å². The van der Waals surface area contributed by atoms with Crippen LogP contribution < -0.4 is 0 Å². The van der Waals surface area contributed by atoms with Crippen LogP contribution in [0.25, 0.3) is 0 Å². The van der Waals surface area contributed by atoms with Gasteiger partial charge in [-0.3, -0.25) is 9.59 Å². The quantitative estimate of drug-likeness (QED) is 0.262. The van der Waals surface area contributed by atoms with E-state index in [4.69, 9.17) is 9.47 Å². The maximum Gasteiger partial charge on any atom is 0.319 e. The highest BCUT2D eigenvalue weighted by Gasteiger charge is 2.09. The van der Waals surface area contributed by atoms with Crippen molar-refractivity contribution in [3.05, 3.63) is 0 Å². The van der Waals surface area contributed by atoms with Gasteiger partial charge in [-0.25, -0.2) is 0 Å². The Balaban J connectivity index is 3.20. The molecular weight excluding hydrogens is 404 g/mol. The molecule has 0 aromatic rings. The predicted octanol–water partition coefficient (Wildman–Crippen LogP) is 4.37. The maximum absolute atomic E-state index is 11.2. The molecule has 0 saturated carbocycles. The lowest BCUT2D eigenvalue weighted by Crippen LogP contribution is -2.14. The van der Waals surface area contributed by atoms with Crippen LogP contribution in [0.15, 0.2) is 0 Å². The molecule has 0 N–H and O–H groups in total. The minimum Gasteiger partial charge on any atom is -0.465 e. The smallest absolute Gasteiger partial charge is 0.319 e. The zero-order valence-corrected chi connectivity index (χ0v) is 16.1. The molecule has 0 spiro atoms. The summed E-state index contributed by atoms with van der Waals surface area (Å²) >= 11 is 6.34. The Labute approximate surface area is 144 Å². The number of hydrogen-bond acceptors (Lipinski definition) is 4. The van der Waals surface area contributed by atoms with Crippen molar-refractivity contribution in [2.75, 3.05) is 13.2 Å². The molecule has 0 bridgehead atoms. The SMILES string of the molecule is CC(Br)C(=O)OCCCCCCCCCOC(=O)C(C)Br. The van der Waals surface area contributed by atoms with Gasteiger partial charge in [-0.05, 0) is 26.7 Å². The monoisotopic (exact) mass is 428 g/mol. The van der Waals surface area contributed by atoms with Crippen molar-refractivity contribution in [1.29, 1.82) is 0 Å². The highest BCUT2D eigenvalue weighted by molar-refractivity contribution is 9.10. The molecule has 124 valence electrons. The predicted molar refractivity (Wildman–Crippen MR) is 91.0 cm³/mol. The molecule has 0 rings (SSSR count). The summed E-state index contributed by atoms with van der Waals surface area (Å²) in [5.74, 6) is -0.385. The van der Waals surface area contributed by atoms with Crippen molar-refractivity contribution in [3.63, 3.8) is 0 Å². The molecule has 0 aliphatic rings. The summed E-state index contributed by atoms with van der Waals surface area (Å²) in [4.78, 5) is 21.9. The van der Waals surface area contributed by atoms with Crippen LogP contribution in [-0.4, -0.2) is 34.8 Å². The summed E-state index contributed by atoms with van der Waals surface area (Å²) in [5, 5.41) is 0. The minimum absolute atomic E-state index is 0.192. The molecular formula is C15H26Br2O4. The third-order valence-corrected chi connectivity index (χ3v) is 3.67. The number of alkyl halides is 2. The van der Waals surface area contributed by atoms with Gasteiger partial charge in [0.05, 0.1) is 13.2 Å². The second-order valence-electron chi connectivity index (χ2n) is 5.04. The largest absolute Gasteiger partial charge is 0.465 e. The summed E-state index contributed by atoms with van der Waals surface area (Å²) in [6.45, 7) is 4.54. The number of carbonyl (C=O) groups excluding carboxylic acids is 2. The lowest BCUT2D eigenvalue weighted by molar-refractivity contribution is -0.143. The second-order valence-corrected chi connectivity index (χ2v) is 7.79. The van der Waals surface area contributed by atoms with Crippen molar-refractivity contribution < 1.29 is 19.1 Å². The van der Waals surface area contributed by atoms with E-state index in [-0.39, 0.29) is 21.6 Å². The maximum atomic E-state index is 11.2. The Morgan fingerprint density at radius 2 is 1.00 bits per heavy atom. The first-order valence-electron chi connectivity index (χ1n) is 7.56. The Bertz CT molecular complexity index is 265. The van der Waals surface area contributed by atoms with Crippen LogP contribution in [0.2, 0.25) is 0 Å². The average Bonchev–Trinajstić information content (AvgIpc) is 2.43. The van der Waals surface area contributed by atoms with E-state index in [1.165, 1.54) is 6.42 Å². The number of halogens is 2. The molecule has 0 aliphatic carbocycles. The lowest BCUT2D eigenvalue weighted by atomic mass is 10.1. The van der Waals surface area contributed by atoms with Crippen molar-refractivity contribution in [1.82, 2.24) is 0 Å². The molecule has 4 nitrogen and oxygen atoms in total. The van der Waals surface area contributed by atoms with E-state index in [1.807, 2.05) is 0 Å². The fourth-order valence-electron chi connectivity index (χ4n) is 1.66. The van der Waals surface area contributed by atoms with Crippen molar-refractivity contribution in [2.24, 2.45) is 0 Å². The van der Waals surface area contributed by atoms with Crippen LogP contribution in [-0.2, 0) is 19.1 Å². The molecule has 6 heteroatoms. The van der Waals surface area contributed by atoms with Crippen LogP contribution in [0.5, 0.6) is 0 Å². The summed E-state index contributed by atoms with van der Waals surface area (Å²) in [6, 6.07) is 0. The van der Waals surface area contributed by atoms with Crippen LogP contribution in [0, 0.1) is 0 Å². The fraction of sp³-hybridized carbons (Fsp3) is 0.867. The Morgan fingerprint density at radius 1 is 0.714 bits per heavy atom. The third kappa shape index (κ3) is 13.3. The van der Waals surface area contributed by atoms with Gasteiger partial charge in [0.15, 0.2) is 0 Å². The standard InChI is InChI=1S/C15H26Br2O4/c1-12(16)14(18)20-10-8-6-4-3-5-7-9-11-21-15(19)13(2)17/h12-13H,3-11H2,1-2H3. The third-order valence-electron chi connectivity index (χ3n) is 2.93. The molecule has 0 aromatic carbocycles. The number of rotatable bonds is 12. The number of esters is 2. The summed E-state index contributed by atoms with van der Waals surface area (Å²) in [6.07, 6.45) is 7.49. The normalized spacial score (nSPS) is 13.5. The molecule has 0 aliphatic heterocycles. The molecule has 0 radical (unpaired) electrons. The average molecular weight is 430 g/mol. The van der Waals surface area contributed by atoms with Crippen molar-refractivity contribution in [3.8, 4) is 0 Å². The number of ether oxygens (including phenoxy) is 2. The molecule has 0 saturated heterocycles. The highest BCUT2D eigenvalue weighted by Crippen LogP contribution is 2.09. The van der Waals surface area contributed by atoms with Gasteiger partial charge < -0.3 is 9.47 Å². The second kappa shape index (κ2) is 13.6. The number of unbranched alkanes of at least 4 members (excludes halogenated alkanes) is 6. The zero-order valence-electron chi connectivity index (χ0n) is 12.9. The van der Waals surface area contributed by atoms with Gasteiger partial charge in [0, 0.05) is 0 Å². The molecule has 0 fully saturated rings. The first kappa shape index (κ1) is 20.9. The van der Waals surface area contributed by atoms with Gasteiger partial charge >= 0.3 is 11.9 Å². The molecule has 0 amide bonds.